The van der Waals surface area contributed by atoms with E-state index in [-0.39, 0.29) is 30.2 Å². The van der Waals surface area contributed by atoms with Crippen molar-refractivity contribution >= 4 is 29.2 Å². The SMILES string of the molecule is COCCNC(=O)/C(C#N)=C/c1c(Oc2ccc(Cl)c(C)c2)nc2c(C)cccn2c1=O. The van der Waals surface area contributed by atoms with E-state index in [1.807, 2.05) is 26.0 Å². The van der Waals surface area contributed by atoms with Gasteiger partial charge in [0.05, 0.1) is 6.61 Å². The van der Waals surface area contributed by atoms with Crippen molar-refractivity contribution in [3.8, 4) is 17.7 Å². The lowest BCUT2D eigenvalue weighted by atomic mass is 10.1. The maximum Gasteiger partial charge on any atom is 0.269 e. The zero-order valence-corrected chi connectivity index (χ0v) is 18.6. The number of carbonyl (C=O) groups is 1. The molecular weight excluding hydrogens is 432 g/mol. The number of hydrogen-bond acceptors (Lipinski definition) is 6. The van der Waals surface area contributed by atoms with Gasteiger partial charge in [0.15, 0.2) is 0 Å². The molecule has 3 rings (SSSR count). The number of aromatic nitrogens is 2. The normalized spacial score (nSPS) is 11.3. The third kappa shape index (κ3) is 4.97. The predicted octanol–water partition coefficient (Wildman–Crippen LogP) is 3.43. The van der Waals surface area contributed by atoms with Gasteiger partial charge in [-0.15, -0.1) is 0 Å². The van der Waals surface area contributed by atoms with Crippen LogP contribution in [-0.4, -0.2) is 35.6 Å². The maximum absolute atomic E-state index is 13.3. The summed E-state index contributed by atoms with van der Waals surface area (Å²) in [6.07, 6.45) is 2.75. The van der Waals surface area contributed by atoms with E-state index >= 15 is 0 Å². The summed E-state index contributed by atoms with van der Waals surface area (Å²) < 4.78 is 12.2. The molecule has 3 aromatic rings. The van der Waals surface area contributed by atoms with Crippen molar-refractivity contribution < 1.29 is 14.3 Å². The first-order valence-corrected chi connectivity index (χ1v) is 10.1. The number of halogens is 1. The number of benzene rings is 1. The third-order valence-electron chi connectivity index (χ3n) is 4.64. The highest BCUT2D eigenvalue weighted by Crippen LogP contribution is 2.27. The van der Waals surface area contributed by atoms with Crippen molar-refractivity contribution in [2.75, 3.05) is 20.3 Å². The molecule has 0 bridgehead atoms. The van der Waals surface area contributed by atoms with E-state index in [0.29, 0.717) is 16.4 Å². The lowest BCUT2D eigenvalue weighted by molar-refractivity contribution is -0.117. The number of rotatable bonds is 7. The molecule has 2 aromatic heterocycles. The van der Waals surface area contributed by atoms with Crippen LogP contribution in [0.15, 0.2) is 46.9 Å². The standard InChI is InChI=1S/C23H21ClN4O4/c1-14-5-4-9-28-20(14)27-22(32-17-6-7-19(24)15(2)11-17)18(23(28)30)12-16(13-25)21(29)26-8-10-31-3/h4-7,9,11-12H,8,10H2,1-3H3,(H,26,29)/b16-12+. The number of ether oxygens (including phenoxy) is 2. The highest BCUT2D eigenvalue weighted by atomic mass is 35.5. The van der Waals surface area contributed by atoms with Crippen LogP contribution in [0.5, 0.6) is 11.6 Å². The van der Waals surface area contributed by atoms with Crippen molar-refractivity contribution in [3.63, 3.8) is 0 Å². The minimum Gasteiger partial charge on any atom is -0.438 e. The van der Waals surface area contributed by atoms with Crippen LogP contribution in [-0.2, 0) is 9.53 Å². The second-order valence-corrected chi connectivity index (χ2v) is 7.36. The van der Waals surface area contributed by atoms with Crippen LogP contribution in [0.2, 0.25) is 5.02 Å². The molecule has 0 unspecified atom stereocenters. The Kier molecular flexibility index (Phi) is 7.25. The number of methoxy groups -OCH3 is 1. The second kappa shape index (κ2) is 10.1. The topological polar surface area (TPSA) is 106 Å². The molecule has 1 amide bonds. The molecule has 0 radical (unpaired) electrons. The fraction of sp³-hybridized carbons (Fsp3) is 0.217. The molecule has 0 atom stereocenters. The molecular formula is C23H21ClN4O4. The average Bonchev–Trinajstić information content (AvgIpc) is 2.77. The van der Waals surface area contributed by atoms with Crippen molar-refractivity contribution in [2.45, 2.75) is 13.8 Å². The molecule has 2 heterocycles. The number of hydrogen-bond donors (Lipinski definition) is 1. The van der Waals surface area contributed by atoms with Gasteiger partial charge in [0.25, 0.3) is 11.5 Å². The monoisotopic (exact) mass is 452 g/mol. The molecule has 32 heavy (non-hydrogen) atoms. The quantitative estimate of drug-likeness (QED) is 0.334. The van der Waals surface area contributed by atoms with Gasteiger partial charge in [-0.2, -0.15) is 10.2 Å². The zero-order chi connectivity index (χ0) is 23.3. The Balaban J connectivity index is 2.16. The van der Waals surface area contributed by atoms with Crippen molar-refractivity contribution in [3.05, 3.63) is 74.2 Å². The molecule has 0 fully saturated rings. The van der Waals surface area contributed by atoms with Crippen LogP contribution in [0.1, 0.15) is 16.7 Å². The van der Waals surface area contributed by atoms with E-state index < -0.39 is 11.5 Å². The Morgan fingerprint density at radius 2 is 2.09 bits per heavy atom. The first-order chi connectivity index (χ1) is 15.3. The minimum atomic E-state index is -0.633. The Bertz CT molecular complexity index is 1310. The summed E-state index contributed by atoms with van der Waals surface area (Å²) in [6.45, 7) is 4.14. The Morgan fingerprint density at radius 1 is 1.31 bits per heavy atom. The average molecular weight is 453 g/mol. The molecule has 0 saturated carbocycles. The molecule has 9 heteroatoms. The summed E-state index contributed by atoms with van der Waals surface area (Å²) in [6, 6.07) is 10.4. The predicted molar refractivity (Wildman–Crippen MR) is 121 cm³/mol. The van der Waals surface area contributed by atoms with Gasteiger partial charge in [-0.05, 0) is 55.3 Å². The number of pyridine rings is 1. The summed E-state index contributed by atoms with van der Waals surface area (Å²) in [5.74, 6) is -0.246. The maximum atomic E-state index is 13.3. The molecule has 0 spiro atoms. The van der Waals surface area contributed by atoms with E-state index in [9.17, 15) is 14.9 Å². The zero-order valence-electron chi connectivity index (χ0n) is 17.8. The summed E-state index contributed by atoms with van der Waals surface area (Å²) in [5.41, 5.74) is 1.18. The van der Waals surface area contributed by atoms with Gasteiger partial charge in [0.2, 0.25) is 5.88 Å². The van der Waals surface area contributed by atoms with Crippen LogP contribution < -0.4 is 15.6 Å². The van der Waals surface area contributed by atoms with E-state index in [0.717, 1.165) is 11.1 Å². The van der Waals surface area contributed by atoms with Gasteiger partial charge in [-0.1, -0.05) is 17.7 Å². The highest BCUT2D eigenvalue weighted by molar-refractivity contribution is 6.31. The van der Waals surface area contributed by atoms with Crippen molar-refractivity contribution in [2.24, 2.45) is 0 Å². The molecule has 0 aliphatic rings. The highest BCUT2D eigenvalue weighted by Gasteiger charge is 2.18. The van der Waals surface area contributed by atoms with Gasteiger partial charge in [0, 0.05) is 24.9 Å². The number of nitrogens with zero attached hydrogens (tertiary/aromatic N) is 3. The Labute approximate surface area is 189 Å². The molecule has 1 N–H and O–H groups in total. The lowest BCUT2D eigenvalue weighted by Gasteiger charge is -2.12. The number of carbonyl (C=O) groups excluding carboxylic acids is 1. The summed E-state index contributed by atoms with van der Waals surface area (Å²) in [7, 11) is 1.50. The van der Waals surface area contributed by atoms with Gasteiger partial charge in [-0.25, -0.2) is 0 Å². The Morgan fingerprint density at radius 3 is 2.78 bits per heavy atom. The van der Waals surface area contributed by atoms with Gasteiger partial charge < -0.3 is 14.8 Å². The van der Waals surface area contributed by atoms with E-state index in [1.165, 1.54) is 17.6 Å². The largest absolute Gasteiger partial charge is 0.438 e. The lowest BCUT2D eigenvalue weighted by Crippen LogP contribution is -2.28. The van der Waals surface area contributed by atoms with E-state index in [1.54, 1.807) is 30.5 Å². The van der Waals surface area contributed by atoms with E-state index in [4.69, 9.17) is 21.1 Å². The minimum absolute atomic E-state index is 0.0246. The fourth-order valence-electron chi connectivity index (χ4n) is 2.94. The first-order valence-electron chi connectivity index (χ1n) is 9.70. The van der Waals surface area contributed by atoms with Crippen LogP contribution in [0.3, 0.4) is 0 Å². The number of fused-ring (bicyclic) bond motifs is 1. The second-order valence-electron chi connectivity index (χ2n) is 6.95. The smallest absolute Gasteiger partial charge is 0.269 e. The summed E-state index contributed by atoms with van der Waals surface area (Å²) in [4.78, 5) is 30.2. The van der Waals surface area contributed by atoms with Crippen LogP contribution in [0, 0.1) is 25.2 Å². The van der Waals surface area contributed by atoms with Gasteiger partial charge in [-0.3, -0.25) is 14.0 Å². The Hall–Kier alpha value is -3.67. The summed E-state index contributed by atoms with van der Waals surface area (Å²) in [5, 5.41) is 12.6. The molecule has 0 saturated heterocycles. The number of nitrogens with one attached hydrogen (secondary N) is 1. The molecule has 1 aromatic carbocycles. The first kappa shape index (κ1) is 23.0. The molecule has 8 nitrogen and oxygen atoms in total. The molecule has 0 aliphatic carbocycles. The number of aryl methyl sites for hydroxylation is 2. The molecule has 0 aliphatic heterocycles. The van der Waals surface area contributed by atoms with Crippen LogP contribution >= 0.6 is 11.6 Å². The number of nitriles is 1. The fourth-order valence-corrected chi connectivity index (χ4v) is 3.06. The van der Waals surface area contributed by atoms with Gasteiger partial charge in [0.1, 0.15) is 28.6 Å². The van der Waals surface area contributed by atoms with Crippen molar-refractivity contribution in [1.29, 1.82) is 5.26 Å². The summed E-state index contributed by atoms with van der Waals surface area (Å²) >= 11 is 6.09. The van der Waals surface area contributed by atoms with Gasteiger partial charge >= 0.3 is 0 Å². The van der Waals surface area contributed by atoms with E-state index in [2.05, 4.69) is 10.3 Å². The van der Waals surface area contributed by atoms with Crippen LogP contribution in [0.25, 0.3) is 11.7 Å². The van der Waals surface area contributed by atoms with Crippen LogP contribution in [0.4, 0.5) is 0 Å². The third-order valence-corrected chi connectivity index (χ3v) is 5.06. The molecule has 164 valence electrons. The van der Waals surface area contributed by atoms with Crippen molar-refractivity contribution in [1.82, 2.24) is 14.7 Å². The number of amides is 1.